The van der Waals surface area contributed by atoms with E-state index in [-0.39, 0.29) is 11.5 Å². The average molecular weight is 241 g/mol. The van der Waals surface area contributed by atoms with Crippen LogP contribution in [0.1, 0.15) is 15.2 Å². The highest BCUT2D eigenvalue weighted by Crippen LogP contribution is 2.26. The van der Waals surface area contributed by atoms with Gasteiger partial charge in [-0.1, -0.05) is 12.7 Å². The van der Waals surface area contributed by atoms with E-state index in [0.717, 1.165) is 11.3 Å². The molecule has 0 saturated heterocycles. The number of nitrogens with one attached hydrogen (secondary N) is 1. The minimum Gasteiger partial charge on any atom is -0.477 e. The van der Waals surface area contributed by atoms with E-state index in [1.807, 2.05) is 0 Å². The van der Waals surface area contributed by atoms with E-state index in [2.05, 4.69) is 11.9 Å². The normalized spacial score (nSPS) is 9.56. The minimum atomic E-state index is -1.00. The van der Waals surface area contributed by atoms with E-state index in [4.69, 9.17) is 9.84 Å². The van der Waals surface area contributed by atoms with Crippen LogP contribution in [-0.4, -0.2) is 23.8 Å². The molecule has 1 heterocycles. The highest BCUT2D eigenvalue weighted by molar-refractivity contribution is 7.12. The van der Waals surface area contributed by atoms with E-state index < -0.39 is 12.1 Å². The maximum absolute atomic E-state index is 11.2. The Morgan fingerprint density at radius 3 is 2.88 bits per heavy atom. The summed E-state index contributed by atoms with van der Waals surface area (Å²) < 4.78 is 4.71. The summed E-state index contributed by atoms with van der Waals surface area (Å²) in [5.41, 5.74) is 0.976. The van der Waals surface area contributed by atoms with Gasteiger partial charge in [-0.3, -0.25) is 5.32 Å². The molecule has 0 aliphatic carbocycles. The summed E-state index contributed by atoms with van der Waals surface area (Å²) in [7, 11) is 0. The van der Waals surface area contributed by atoms with Gasteiger partial charge in [-0.2, -0.15) is 0 Å². The Bertz CT molecular complexity index is 424. The second-order valence-corrected chi connectivity index (χ2v) is 3.80. The molecule has 0 aliphatic heterocycles. The van der Waals surface area contributed by atoms with Crippen LogP contribution in [0.3, 0.4) is 0 Å². The predicted octanol–water partition coefficient (Wildman–Crippen LogP) is 2.49. The number of carboxylic acids is 1. The number of aromatic carboxylic acids is 1. The fourth-order valence-electron chi connectivity index (χ4n) is 1.03. The van der Waals surface area contributed by atoms with E-state index in [1.165, 1.54) is 6.08 Å². The van der Waals surface area contributed by atoms with Gasteiger partial charge in [0.2, 0.25) is 0 Å². The van der Waals surface area contributed by atoms with Crippen LogP contribution >= 0.6 is 11.3 Å². The van der Waals surface area contributed by atoms with Gasteiger partial charge in [0.15, 0.2) is 0 Å². The molecule has 1 amide bonds. The lowest BCUT2D eigenvalue weighted by molar-refractivity contribution is 0.0701. The third kappa shape index (κ3) is 2.83. The molecular weight excluding hydrogens is 230 g/mol. The number of thiophene rings is 1. The first-order valence-corrected chi connectivity index (χ1v) is 5.30. The Balaban J connectivity index is 2.71. The molecule has 0 unspecified atom stereocenters. The third-order valence-electron chi connectivity index (χ3n) is 1.80. The monoisotopic (exact) mass is 241 g/mol. The molecule has 86 valence electrons. The van der Waals surface area contributed by atoms with Crippen molar-refractivity contribution in [2.45, 2.75) is 6.92 Å². The predicted molar refractivity (Wildman–Crippen MR) is 61.2 cm³/mol. The highest BCUT2D eigenvalue weighted by atomic mass is 32.1. The van der Waals surface area contributed by atoms with Crippen molar-refractivity contribution in [2.24, 2.45) is 0 Å². The number of anilines is 1. The minimum absolute atomic E-state index is 0.112. The van der Waals surface area contributed by atoms with E-state index >= 15 is 0 Å². The Hall–Kier alpha value is -1.82. The summed E-state index contributed by atoms with van der Waals surface area (Å²) in [5.74, 6) is -1.00. The first kappa shape index (κ1) is 12.3. The number of carbonyl (C=O) groups is 2. The number of carboxylic acid groups (broad SMARTS) is 1. The highest BCUT2D eigenvalue weighted by Gasteiger charge is 2.15. The van der Waals surface area contributed by atoms with Crippen LogP contribution in [0.5, 0.6) is 0 Å². The maximum atomic E-state index is 11.2. The maximum Gasteiger partial charge on any atom is 0.411 e. The number of hydrogen-bond donors (Lipinski definition) is 2. The van der Waals surface area contributed by atoms with Crippen molar-refractivity contribution in [2.75, 3.05) is 11.9 Å². The molecule has 1 aromatic heterocycles. The second kappa shape index (κ2) is 5.32. The third-order valence-corrected chi connectivity index (χ3v) is 2.87. The summed E-state index contributed by atoms with van der Waals surface area (Å²) in [6.07, 6.45) is 0.820. The average Bonchev–Trinajstić information content (AvgIpc) is 2.57. The molecule has 0 aromatic carbocycles. The number of carbonyl (C=O) groups excluding carboxylic acids is 1. The van der Waals surface area contributed by atoms with Gasteiger partial charge in [0.25, 0.3) is 0 Å². The first-order valence-electron chi connectivity index (χ1n) is 4.42. The van der Waals surface area contributed by atoms with Crippen LogP contribution in [-0.2, 0) is 4.74 Å². The van der Waals surface area contributed by atoms with Crippen molar-refractivity contribution in [1.29, 1.82) is 0 Å². The largest absolute Gasteiger partial charge is 0.477 e. The smallest absolute Gasteiger partial charge is 0.411 e. The lowest BCUT2D eigenvalue weighted by Gasteiger charge is -2.04. The standard InChI is InChI=1S/C10H11NO4S/c1-3-4-15-10(14)11-7-5-16-8(6(7)2)9(12)13/h3,5H,1,4H2,2H3,(H,11,14)(H,12,13). The van der Waals surface area contributed by atoms with Gasteiger partial charge in [0.05, 0.1) is 5.69 Å². The molecule has 0 fully saturated rings. The molecule has 0 radical (unpaired) electrons. The van der Waals surface area contributed by atoms with Crippen LogP contribution in [0, 0.1) is 6.92 Å². The topological polar surface area (TPSA) is 75.6 Å². The molecule has 0 saturated carbocycles. The zero-order chi connectivity index (χ0) is 12.1. The second-order valence-electron chi connectivity index (χ2n) is 2.92. The first-order chi connectivity index (χ1) is 7.56. The molecule has 1 rings (SSSR count). The molecule has 5 nitrogen and oxygen atoms in total. The van der Waals surface area contributed by atoms with Gasteiger partial charge in [0.1, 0.15) is 11.5 Å². The fourth-order valence-corrected chi connectivity index (χ4v) is 1.89. The molecule has 0 spiro atoms. The number of ether oxygens (including phenoxy) is 1. The zero-order valence-corrected chi connectivity index (χ0v) is 9.47. The number of rotatable bonds is 4. The van der Waals surface area contributed by atoms with Crippen LogP contribution in [0.25, 0.3) is 0 Å². The molecule has 0 aliphatic rings. The zero-order valence-electron chi connectivity index (χ0n) is 8.65. The summed E-state index contributed by atoms with van der Waals surface area (Å²) in [6, 6.07) is 0. The van der Waals surface area contributed by atoms with Crippen LogP contribution in [0.15, 0.2) is 18.0 Å². The van der Waals surface area contributed by atoms with Gasteiger partial charge in [-0.25, -0.2) is 9.59 Å². The van der Waals surface area contributed by atoms with Gasteiger partial charge < -0.3 is 9.84 Å². The molecular formula is C10H11NO4S. The van der Waals surface area contributed by atoms with Crippen LogP contribution in [0.4, 0.5) is 10.5 Å². The van der Waals surface area contributed by atoms with Crippen molar-refractivity contribution in [1.82, 2.24) is 0 Å². The van der Waals surface area contributed by atoms with Crippen molar-refractivity contribution in [3.05, 3.63) is 28.5 Å². The van der Waals surface area contributed by atoms with Gasteiger partial charge in [-0.05, 0) is 12.5 Å². The van der Waals surface area contributed by atoms with Gasteiger partial charge >= 0.3 is 12.1 Å². The molecule has 0 atom stereocenters. The molecule has 1 aromatic rings. The van der Waals surface area contributed by atoms with Gasteiger partial charge in [-0.15, -0.1) is 11.3 Å². The summed E-state index contributed by atoms with van der Waals surface area (Å²) in [6.45, 7) is 5.14. The van der Waals surface area contributed by atoms with Crippen molar-refractivity contribution < 1.29 is 19.4 Å². The van der Waals surface area contributed by atoms with Gasteiger partial charge in [0, 0.05) is 5.38 Å². The molecule has 16 heavy (non-hydrogen) atoms. The lowest BCUT2D eigenvalue weighted by Crippen LogP contribution is -2.13. The fraction of sp³-hybridized carbons (Fsp3) is 0.200. The van der Waals surface area contributed by atoms with Crippen LogP contribution in [0.2, 0.25) is 0 Å². The Labute approximate surface area is 96.4 Å². The van der Waals surface area contributed by atoms with E-state index in [1.54, 1.807) is 12.3 Å². The Kier molecular flexibility index (Phi) is 4.07. The Morgan fingerprint density at radius 1 is 1.69 bits per heavy atom. The Morgan fingerprint density at radius 2 is 2.38 bits per heavy atom. The molecule has 0 bridgehead atoms. The quantitative estimate of drug-likeness (QED) is 0.794. The number of amides is 1. The van der Waals surface area contributed by atoms with E-state index in [0.29, 0.717) is 11.3 Å². The molecule has 6 heteroatoms. The lowest BCUT2D eigenvalue weighted by atomic mass is 10.2. The van der Waals surface area contributed by atoms with Crippen molar-refractivity contribution in [3.8, 4) is 0 Å². The van der Waals surface area contributed by atoms with Crippen LogP contribution < -0.4 is 5.32 Å². The SMILES string of the molecule is C=CCOC(=O)Nc1csc(C(=O)O)c1C. The van der Waals surface area contributed by atoms with Crippen molar-refractivity contribution in [3.63, 3.8) is 0 Å². The summed E-state index contributed by atoms with van der Waals surface area (Å²) in [4.78, 5) is 22.1. The van der Waals surface area contributed by atoms with E-state index in [9.17, 15) is 9.59 Å². The summed E-state index contributed by atoms with van der Waals surface area (Å²) in [5, 5.41) is 12.8. The summed E-state index contributed by atoms with van der Waals surface area (Å²) >= 11 is 1.06. The number of hydrogen-bond acceptors (Lipinski definition) is 4. The molecule has 2 N–H and O–H groups in total. The van der Waals surface area contributed by atoms with Crippen molar-refractivity contribution >= 4 is 29.1 Å².